The molecule has 0 amide bonds. The molecule has 3 heterocycles. The Labute approximate surface area is 179 Å². The molecule has 1 N–H and O–H groups in total. The van der Waals surface area contributed by atoms with E-state index in [9.17, 15) is 0 Å². The van der Waals surface area contributed by atoms with E-state index < -0.39 is 0 Å². The first-order valence-corrected chi connectivity index (χ1v) is 10.4. The molecule has 0 aromatic carbocycles. The molecule has 2 saturated heterocycles. The third-order valence-electron chi connectivity index (χ3n) is 4.71. The third kappa shape index (κ3) is 5.90. The van der Waals surface area contributed by atoms with Crippen molar-refractivity contribution in [2.75, 3.05) is 43.4 Å². The number of halogens is 1. The summed E-state index contributed by atoms with van der Waals surface area (Å²) >= 11 is 2.05. The summed E-state index contributed by atoms with van der Waals surface area (Å²) < 4.78 is 0.285. The largest absolute Gasteiger partial charge is 0.357 e. The van der Waals surface area contributed by atoms with Gasteiger partial charge in [-0.05, 0) is 45.2 Å². The van der Waals surface area contributed by atoms with Gasteiger partial charge in [-0.15, -0.1) is 24.0 Å². The molecule has 2 aliphatic rings. The number of anilines is 1. The van der Waals surface area contributed by atoms with Crippen LogP contribution in [0.1, 0.15) is 39.2 Å². The average molecular weight is 489 g/mol. The van der Waals surface area contributed by atoms with Crippen LogP contribution in [0.4, 0.5) is 5.82 Å². The molecule has 0 aliphatic carbocycles. The minimum absolute atomic E-state index is 0. The van der Waals surface area contributed by atoms with E-state index in [1.165, 1.54) is 18.4 Å². The van der Waals surface area contributed by atoms with Gasteiger partial charge in [-0.2, -0.15) is 11.8 Å². The lowest BCUT2D eigenvalue weighted by atomic mass is 10.2. The second kappa shape index (κ2) is 10.0. The molecule has 2 fully saturated rings. The highest BCUT2D eigenvalue weighted by Crippen LogP contribution is 2.29. The van der Waals surface area contributed by atoms with Crippen LogP contribution < -0.4 is 10.2 Å². The summed E-state index contributed by atoms with van der Waals surface area (Å²) in [5.74, 6) is 3.29. The van der Waals surface area contributed by atoms with Gasteiger partial charge >= 0.3 is 0 Å². The molecule has 0 spiro atoms. The number of guanidine groups is 1. The quantitative estimate of drug-likeness (QED) is 0.398. The summed E-state index contributed by atoms with van der Waals surface area (Å²) in [4.78, 5) is 14.3. The van der Waals surface area contributed by atoms with Crippen molar-refractivity contribution in [2.45, 2.75) is 44.9 Å². The average Bonchev–Trinajstić information content (AvgIpc) is 3.13. The molecule has 2 aliphatic heterocycles. The van der Waals surface area contributed by atoms with Crippen LogP contribution in [0, 0.1) is 0 Å². The Morgan fingerprint density at radius 3 is 2.65 bits per heavy atom. The van der Waals surface area contributed by atoms with Gasteiger partial charge in [0.1, 0.15) is 5.82 Å². The molecule has 0 atom stereocenters. The van der Waals surface area contributed by atoms with Crippen molar-refractivity contribution in [3.63, 3.8) is 0 Å². The molecule has 3 rings (SSSR count). The number of hydrogen-bond donors (Lipinski definition) is 1. The van der Waals surface area contributed by atoms with Gasteiger partial charge in [0.25, 0.3) is 0 Å². The van der Waals surface area contributed by atoms with Crippen LogP contribution in [-0.4, -0.2) is 59.1 Å². The Morgan fingerprint density at radius 2 is 2.04 bits per heavy atom. The number of pyridine rings is 1. The molecule has 146 valence electrons. The molecule has 0 bridgehead atoms. The Kier molecular flexibility index (Phi) is 8.32. The van der Waals surface area contributed by atoms with Gasteiger partial charge in [0.05, 0.1) is 6.54 Å². The maximum atomic E-state index is 4.87. The van der Waals surface area contributed by atoms with E-state index >= 15 is 0 Å². The van der Waals surface area contributed by atoms with Crippen molar-refractivity contribution in [1.82, 2.24) is 15.2 Å². The lowest BCUT2D eigenvalue weighted by molar-refractivity contribution is 0.376. The Balaban J connectivity index is 0.00000243. The molecule has 1 aromatic heterocycles. The van der Waals surface area contributed by atoms with Gasteiger partial charge in [-0.3, -0.25) is 0 Å². The number of hydrogen-bond acceptors (Lipinski definition) is 4. The van der Waals surface area contributed by atoms with E-state index in [1.807, 2.05) is 18.0 Å². The predicted molar refractivity (Wildman–Crippen MR) is 124 cm³/mol. The van der Waals surface area contributed by atoms with Crippen LogP contribution in [0.3, 0.4) is 0 Å². The Bertz CT molecular complexity index is 584. The fourth-order valence-electron chi connectivity index (χ4n) is 3.43. The number of aliphatic imine (C=N–C) groups is 1. The maximum absolute atomic E-state index is 4.87. The van der Waals surface area contributed by atoms with Gasteiger partial charge in [-0.25, -0.2) is 9.98 Å². The maximum Gasteiger partial charge on any atom is 0.194 e. The zero-order chi connectivity index (χ0) is 17.7. The summed E-state index contributed by atoms with van der Waals surface area (Å²) in [6.07, 6.45) is 4.55. The molecule has 7 heteroatoms. The molecule has 1 aromatic rings. The lowest BCUT2D eigenvalue weighted by Crippen LogP contribution is -2.50. The fraction of sp³-hybridized carbons (Fsp3) is 0.684. The van der Waals surface area contributed by atoms with Crippen molar-refractivity contribution >= 4 is 47.5 Å². The highest BCUT2D eigenvalue weighted by Gasteiger charge is 2.28. The smallest absolute Gasteiger partial charge is 0.194 e. The van der Waals surface area contributed by atoms with Crippen molar-refractivity contribution in [1.29, 1.82) is 0 Å². The number of rotatable bonds is 4. The van der Waals surface area contributed by atoms with E-state index in [4.69, 9.17) is 4.99 Å². The summed E-state index contributed by atoms with van der Waals surface area (Å²) in [7, 11) is 0. The summed E-state index contributed by atoms with van der Waals surface area (Å²) in [6.45, 7) is 12.7. The van der Waals surface area contributed by atoms with Gasteiger partial charge in [0.2, 0.25) is 0 Å². The minimum Gasteiger partial charge on any atom is -0.357 e. The second-order valence-corrected chi connectivity index (χ2v) is 9.22. The normalized spacial score (nSPS) is 20.0. The molecule has 26 heavy (non-hydrogen) atoms. The van der Waals surface area contributed by atoms with Crippen LogP contribution in [-0.2, 0) is 6.54 Å². The van der Waals surface area contributed by atoms with E-state index in [-0.39, 0.29) is 28.7 Å². The zero-order valence-electron chi connectivity index (χ0n) is 16.2. The van der Waals surface area contributed by atoms with Crippen molar-refractivity contribution in [3.8, 4) is 0 Å². The topological polar surface area (TPSA) is 43.8 Å². The Hall–Kier alpha value is -0.700. The highest BCUT2D eigenvalue weighted by atomic mass is 127. The molecular weight excluding hydrogens is 457 g/mol. The van der Waals surface area contributed by atoms with Crippen LogP contribution in [0.5, 0.6) is 0 Å². The monoisotopic (exact) mass is 489 g/mol. The van der Waals surface area contributed by atoms with Crippen LogP contribution in [0.15, 0.2) is 23.3 Å². The lowest BCUT2D eigenvalue weighted by Gasteiger charge is -2.39. The van der Waals surface area contributed by atoms with Gasteiger partial charge < -0.3 is 15.1 Å². The van der Waals surface area contributed by atoms with E-state index in [0.29, 0.717) is 6.54 Å². The minimum atomic E-state index is 0. The van der Waals surface area contributed by atoms with E-state index in [0.717, 1.165) is 50.3 Å². The van der Waals surface area contributed by atoms with Crippen molar-refractivity contribution in [3.05, 3.63) is 23.9 Å². The van der Waals surface area contributed by atoms with Gasteiger partial charge in [0, 0.05) is 49.4 Å². The molecule has 0 saturated carbocycles. The van der Waals surface area contributed by atoms with Gasteiger partial charge in [-0.1, -0.05) is 6.07 Å². The first kappa shape index (κ1) is 21.6. The first-order chi connectivity index (χ1) is 12.1. The third-order valence-corrected chi connectivity index (χ3v) is 6.01. The summed E-state index contributed by atoms with van der Waals surface area (Å²) in [6, 6.07) is 4.31. The molecule has 0 radical (unpaired) electrons. The van der Waals surface area contributed by atoms with E-state index in [1.54, 1.807) is 0 Å². The van der Waals surface area contributed by atoms with Crippen LogP contribution >= 0.6 is 35.7 Å². The molecule has 0 unspecified atom stereocenters. The predicted octanol–water partition coefficient (Wildman–Crippen LogP) is 3.59. The van der Waals surface area contributed by atoms with Crippen molar-refractivity contribution in [2.24, 2.45) is 4.99 Å². The number of nitrogens with one attached hydrogen (secondary N) is 1. The second-order valence-electron chi connectivity index (χ2n) is 7.42. The molecular formula is C19H32IN5S. The number of aromatic nitrogens is 1. The van der Waals surface area contributed by atoms with E-state index in [2.05, 4.69) is 53.0 Å². The van der Waals surface area contributed by atoms with Crippen LogP contribution in [0.25, 0.3) is 0 Å². The Morgan fingerprint density at radius 1 is 1.27 bits per heavy atom. The van der Waals surface area contributed by atoms with Crippen LogP contribution in [0.2, 0.25) is 0 Å². The number of thioether (sulfide) groups is 1. The summed E-state index contributed by atoms with van der Waals surface area (Å²) in [5, 5.41) is 3.45. The number of nitrogens with zero attached hydrogens (tertiary/aromatic N) is 4. The van der Waals surface area contributed by atoms with Crippen molar-refractivity contribution < 1.29 is 0 Å². The van der Waals surface area contributed by atoms with Gasteiger partial charge in [0.15, 0.2) is 5.96 Å². The molecule has 5 nitrogen and oxygen atoms in total. The first-order valence-electron chi connectivity index (χ1n) is 9.44. The fourth-order valence-corrected chi connectivity index (χ4v) is 4.54. The highest BCUT2D eigenvalue weighted by molar-refractivity contribution is 14.0. The summed E-state index contributed by atoms with van der Waals surface area (Å²) in [5.41, 5.74) is 1.17. The standard InChI is InChI=1S/C19H31N5S.HI/c1-4-20-18(24-11-12-25-19(2,3)15-24)22-14-16-7-8-17(21-13-16)23-9-5-6-10-23;/h7-8,13H,4-6,9-12,14-15H2,1-3H3,(H,20,22);1H. The SMILES string of the molecule is CCNC(=NCc1ccc(N2CCCC2)nc1)N1CCSC(C)(C)C1.I. The zero-order valence-corrected chi connectivity index (χ0v) is 19.3.